The van der Waals surface area contributed by atoms with Gasteiger partial charge in [-0.25, -0.2) is 0 Å². The zero-order chi connectivity index (χ0) is 7.70. The number of hydrogen-bond donors (Lipinski definition) is 2. The fraction of sp³-hybridized carbons (Fsp3) is 0.750. The van der Waals surface area contributed by atoms with Crippen LogP contribution in [0, 0.1) is 0 Å². The largest absolute Gasteiger partial charge is 0.692 e. The van der Waals surface area contributed by atoms with Crippen LogP contribution in [-0.2, 0) is 9.36 Å². The van der Waals surface area contributed by atoms with Gasteiger partial charge in [0.2, 0.25) is 0 Å². The van der Waals surface area contributed by atoms with Crippen molar-refractivity contribution < 1.29 is 19.1 Å². The second kappa shape index (κ2) is 10.6. The Morgan fingerprint density at radius 2 is 1.89 bits per heavy atom. The first-order chi connectivity index (χ1) is 4.15. The van der Waals surface area contributed by atoms with E-state index in [9.17, 15) is 4.79 Å². The van der Waals surface area contributed by atoms with Crippen LogP contribution in [0.5, 0.6) is 0 Å². The molecule has 0 aliphatic heterocycles. The van der Waals surface area contributed by atoms with E-state index in [2.05, 4.69) is 0 Å². The summed E-state index contributed by atoms with van der Waals surface area (Å²) in [4.78, 5) is 23.6. The van der Waals surface area contributed by atoms with Crippen LogP contribution < -0.4 is 0 Å². The van der Waals surface area contributed by atoms with Crippen LogP contribution in [0.2, 0.25) is 0 Å². The molecule has 0 spiro atoms. The number of rotatable bonds is 2. The van der Waals surface area contributed by atoms with Crippen LogP contribution >= 0.6 is 8.25 Å². The van der Waals surface area contributed by atoms with E-state index in [0.717, 1.165) is 12.7 Å². The summed E-state index contributed by atoms with van der Waals surface area (Å²) < 4.78 is 8.70. The number of aldehydes is 1. The molecule has 0 saturated heterocycles. The Labute approximate surface area is 54.5 Å². The first-order valence-electron chi connectivity index (χ1n) is 2.43. The third-order valence-electron chi connectivity index (χ3n) is 0.407. The quantitative estimate of drug-likeness (QED) is 0.450. The Morgan fingerprint density at radius 3 is 1.89 bits per heavy atom. The molecule has 0 radical (unpaired) electrons. The smallest absolute Gasteiger partial charge is 0.303 e. The first-order valence-corrected chi connectivity index (χ1v) is 3.60. The van der Waals surface area contributed by atoms with Crippen LogP contribution in [0.1, 0.15) is 19.8 Å². The van der Waals surface area contributed by atoms with E-state index in [4.69, 9.17) is 14.4 Å². The molecular formula is C4H10O4P+. The summed E-state index contributed by atoms with van der Waals surface area (Å²) in [5.41, 5.74) is 0. The molecule has 0 aromatic carbocycles. The summed E-state index contributed by atoms with van der Waals surface area (Å²) in [5.74, 6) is 0. The normalized spacial score (nSPS) is 7.00. The molecule has 4 nitrogen and oxygen atoms in total. The highest BCUT2D eigenvalue weighted by Crippen LogP contribution is 1.98. The average Bonchev–Trinajstić information content (AvgIpc) is 1.66. The topological polar surface area (TPSA) is 74.6 Å². The van der Waals surface area contributed by atoms with E-state index in [-0.39, 0.29) is 0 Å². The van der Waals surface area contributed by atoms with Gasteiger partial charge in [0, 0.05) is 11.0 Å². The minimum Gasteiger partial charge on any atom is -0.303 e. The Kier molecular flexibility index (Phi) is 13.6. The van der Waals surface area contributed by atoms with Gasteiger partial charge < -0.3 is 4.79 Å². The van der Waals surface area contributed by atoms with Crippen LogP contribution in [0.15, 0.2) is 0 Å². The van der Waals surface area contributed by atoms with Gasteiger partial charge in [0.1, 0.15) is 6.29 Å². The van der Waals surface area contributed by atoms with Gasteiger partial charge in [-0.2, -0.15) is 0 Å². The van der Waals surface area contributed by atoms with Gasteiger partial charge in [-0.15, -0.1) is 9.79 Å². The second-order valence-corrected chi connectivity index (χ2v) is 1.71. The van der Waals surface area contributed by atoms with Crippen molar-refractivity contribution in [2.24, 2.45) is 0 Å². The highest BCUT2D eigenvalue weighted by Gasteiger charge is 1.93. The van der Waals surface area contributed by atoms with E-state index in [1.807, 2.05) is 6.92 Å². The SMILES string of the molecule is CCCC=O.O=[P+](O)O. The predicted octanol–water partition coefficient (Wildman–Crippen LogP) is 0.614. The van der Waals surface area contributed by atoms with E-state index >= 15 is 0 Å². The van der Waals surface area contributed by atoms with Crippen LogP contribution in [0.3, 0.4) is 0 Å². The lowest BCUT2D eigenvalue weighted by molar-refractivity contribution is -0.107. The monoisotopic (exact) mass is 153 g/mol. The van der Waals surface area contributed by atoms with Crippen LogP contribution in [0.25, 0.3) is 0 Å². The van der Waals surface area contributed by atoms with Crippen molar-refractivity contribution in [2.75, 3.05) is 0 Å². The molecule has 0 aliphatic carbocycles. The molecular weight excluding hydrogens is 143 g/mol. The van der Waals surface area contributed by atoms with Crippen LogP contribution in [-0.4, -0.2) is 16.1 Å². The lowest BCUT2D eigenvalue weighted by Gasteiger charge is -1.68. The molecule has 0 amide bonds. The van der Waals surface area contributed by atoms with Crippen molar-refractivity contribution in [1.82, 2.24) is 0 Å². The van der Waals surface area contributed by atoms with Crippen molar-refractivity contribution in [3.05, 3.63) is 0 Å². The maximum absolute atomic E-state index is 9.40. The van der Waals surface area contributed by atoms with E-state index in [0.29, 0.717) is 6.42 Å². The van der Waals surface area contributed by atoms with Gasteiger partial charge >= 0.3 is 8.25 Å². The fourth-order valence-electron chi connectivity index (χ4n) is 0.118. The molecule has 0 atom stereocenters. The lowest BCUT2D eigenvalue weighted by Crippen LogP contribution is -1.64. The second-order valence-electron chi connectivity index (χ2n) is 1.21. The molecule has 0 bridgehead atoms. The lowest BCUT2D eigenvalue weighted by atomic mass is 10.4. The van der Waals surface area contributed by atoms with E-state index in [1.165, 1.54) is 0 Å². The zero-order valence-electron chi connectivity index (χ0n) is 5.15. The van der Waals surface area contributed by atoms with Crippen molar-refractivity contribution in [3.63, 3.8) is 0 Å². The standard InChI is InChI=1S/C4H8O.HO3P/c1-2-3-4-5;1-4(2)3/h4H,2-3H2,1H3;(H-,1,2,3)/p+1. The summed E-state index contributed by atoms with van der Waals surface area (Å²) in [6.07, 6.45) is 2.61. The molecule has 0 unspecified atom stereocenters. The molecule has 0 fully saturated rings. The fourth-order valence-corrected chi connectivity index (χ4v) is 0.118. The highest BCUT2D eigenvalue weighted by molar-refractivity contribution is 7.30. The summed E-state index contributed by atoms with van der Waals surface area (Å²) in [7, 11) is -2.87. The molecule has 2 N–H and O–H groups in total. The molecule has 0 rings (SSSR count). The maximum Gasteiger partial charge on any atom is 0.692 e. The van der Waals surface area contributed by atoms with Crippen LogP contribution in [0.4, 0.5) is 0 Å². The van der Waals surface area contributed by atoms with Crippen molar-refractivity contribution >= 4 is 14.5 Å². The average molecular weight is 153 g/mol. The highest BCUT2D eigenvalue weighted by atomic mass is 31.1. The van der Waals surface area contributed by atoms with Gasteiger partial charge in [-0.1, -0.05) is 6.92 Å². The Balaban J connectivity index is 0. The minimum atomic E-state index is -2.87. The summed E-state index contributed by atoms with van der Waals surface area (Å²) >= 11 is 0. The zero-order valence-corrected chi connectivity index (χ0v) is 6.04. The Hall–Kier alpha value is -0.310. The van der Waals surface area contributed by atoms with Gasteiger partial charge in [0.05, 0.1) is 0 Å². The number of hydrogen-bond acceptors (Lipinski definition) is 2. The third-order valence-corrected chi connectivity index (χ3v) is 0.407. The Morgan fingerprint density at radius 1 is 1.56 bits per heavy atom. The summed E-state index contributed by atoms with van der Waals surface area (Å²) in [6.45, 7) is 1.98. The van der Waals surface area contributed by atoms with Gasteiger partial charge in [-0.3, -0.25) is 0 Å². The summed E-state index contributed by atoms with van der Waals surface area (Å²) in [5, 5.41) is 0. The first kappa shape index (κ1) is 11.5. The third kappa shape index (κ3) is 87.2. The molecule has 0 heterocycles. The minimum absolute atomic E-state index is 0.708. The predicted molar refractivity (Wildman–Crippen MR) is 33.0 cm³/mol. The molecule has 0 aliphatic rings. The molecule has 9 heavy (non-hydrogen) atoms. The molecule has 0 saturated carbocycles. The summed E-state index contributed by atoms with van der Waals surface area (Å²) in [6, 6.07) is 0. The Bertz CT molecular complexity index is 78.6. The molecule has 54 valence electrons. The number of carbonyl (C=O) groups is 1. The van der Waals surface area contributed by atoms with E-state index in [1.54, 1.807) is 0 Å². The van der Waals surface area contributed by atoms with Crippen molar-refractivity contribution in [2.45, 2.75) is 19.8 Å². The molecule has 5 heteroatoms. The van der Waals surface area contributed by atoms with E-state index < -0.39 is 8.25 Å². The molecule has 0 aromatic rings. The van der Waals surface area contributed by atoms with Gasteiger partial charge in [-0.05, 0) is 6.42 Å². The molecule has 0 aromatic heterocycles. The maximum atomic E-state index is 9.40. The number of carbonyl (C=O) groups excluding carboxylic acids is 1. The number of unbranched alkanes of at least 4 members (excludes halogenated alkanes) is 1. The van der Waals surface area contributed by atoms with Crippen molar-refractivity contribution in [3.8, 4) is 0 Å². The van der Waals surface area contributed by atoms with Gasteiger partial charge in [0.25, 0.3) is 0 Å². The van der Waals surface area contributed by atoms with Gasteiger partial charge in [0.15, 0.2) is 0 Å². The van der Waals surface area contributed by atoms with Crippen molar-refractivity contribution in [1.29, 1.82) is 0 Å².